The van der Waals surface area contributed by atoms with Gasteiger partial charge in [-0.3, -0.25) is 0 Å². The maximum atomic E-state index is 12.7. The van der Waals surface area contributed by atoms with Gasteiger partial charge in [0.1, 0.15) is 0 Å². The number of amides is 2. The van der Waals surface area contributed by atoms with Crippen LogP contribution < -0.4 is 5.32 Å². The molecule has 0 aliphatic carbocycles. The number of nitrogens with zero attached hydrogens (tertiary/aromatic N) is 2. The van der Waals surface area contributed by atoms with Crippen LogP contribution in [-0.2, 0) is 11.2 Å². The van der Waals surface area contributed by atoms with Crippen LogP contribution in [0.1, 0.15) is 29.2 Å². The van der Waals surface area contributed by atoms with E-state index in [-0.39, 0.29) is 18.2 Å². The Kier molecular flexibility index (Phi) is 5.48. The van der Waals surface area contributed by atoms with Crippen LogP contribution in [0.5, 0.6) is 0 Å². The molecule has 0 radical (unpaired) electrons. The van der Waals surface area contributed by atoms with Crippen molar-refractivity contribution in [2.45, 2.75) is 32.4 Å². The predicted octanol–water partition coefficient (Wildman–Crippen LogP) is 3.17. The first-order chi connectivity index (χ1) is 11.6. The predicted molar refractivity (Wildman–Crippen MR) is 95.3 cm³/mol. The van der Waals surface area contributed by atoms with E-state index in [1.54, 1.807) is 11.3 Å². The number of carbonyl (C=O) groups excluding carboxylic acids is 1. The van der Waals surface area contributed by atoms with Crippen molar-refractivity contribution in [2.24, 2.45) is 0 Å². The van der Waals surface area contributed by atoms with Gasteiger partial charge >= 0.3 is 6.03 Å². The first-order valence-corrected chi connectivity index (χ1v) is 9.13. The second-order valence-electron chi connectivity index (χ2n) is 6.06. The lowest BCUT2D eigenvalue weighted by Gasteiger charge is -2.38. The highest BCUT2D eigenvalue weighted by atomic mass is 32.1. The Balaban J connectivity index is 1.61. The molecular weight excluding hydrogens is 322 g/mol. The number of ether oxygens (including phenoxy) is 1. The molecular formula is C18H23N3O2S. The van der Waals surface area contributed by atoms with Crippen LogP contribution in [0.4, 0.5) is 4.79 Å². The standard InChI is InChI=1S/C18H23N3O2S/c1-13-10-21(17(11-23-13)15-6-4-3-5-7-15)18(22)19-9-8-16-12-24-14(2)20-16/h3-7,12-13,17H,8-11H2,1-2H3,(H,19,22). The minimum Gasteiger partial charge on any atom is -0.374 e. The van der Waals surface area contributed by atoms with E-state index in [1.165, 1.54) is 0 Å². The molecule has 5 nitrogen and oxygen atoms in total. The largest absolute Gasteiger partial charge is 0.374 e. The monoisotopic (exact) mass is 345 g/mol. The SMILES string of the molecule is Cc1nc(CCNC(=O)N2CC(C)OCC2c2ccccc2)cs1. The molecule has 128 valence electrons. The Bertz CT molecular complexity index is 674. The first kappa shape index (κ1) is 16.9. The zero-order valence-electron chi connectivity index (χ0n) is 14.1. The molecule has 1 aliphatic rings. The van der Waals surface area contributed by atoms with Crippen molar-refractivity contribution < 1.29 is 9.53 Å². The number of rotatable bonds is 4. The van der Waals surface area contributed by atoms with Crippen LogP contribution in [0, 0.1) is 6.92 Å². The van der Waals surface area contributed by atoms with Crippen molar-refractivity contribution in [1.82, 2.24) is 15.2 Å². The molecule has 1 saturated heterocycles. The molecule has 2 amide bonds. The van der Waals surface area contributed by atoms with E-state index < -0.39 is 0 Å². The van der Waals surface area contributed by atoms with Gasteiger partial charge in [0.15, 0.2) is 0 Å². The summed E-state index contributed by atoms with van der Waals surface area (Å²) in [6.07, 6.45) is 0.809. The second kappa shape index (κ2) is 7.77. The highest BCUT2D eigenvalue weighted by Crippen LogP contribution is 2.26. The van der Waals surface area contributed by atoms with Crippen molar-refractivity contribution in [3.8, 4) is 0 Å². The maximum Gasteiger partial charge on any atom is 0.318 e. The van der Waals surface area contributed by atoms with Gasteiger partial charge in [-0.2, -0.15) is 0 Å². The number of urea groups is 1. The number of hydrogen-bond acceptors (Lipinski definition) is 4. The molecule has 6 heteroatoms. The summed E-state index contributed by atoms with van der Waals surface area (Å²) in [6.45, 7) is 5.71. The third-order valence-corrected chi connectivity index (χ3v) is 4.96. The van der Waals surface area contributed by atoms with Crippen LogP contribution in [0.25, 0.3) is 0 Å². The van der Waals surface area contributed by atoms with E-state index in [0.717, 1.165) is 22.7 Å². The number of aromatic nitrogens is 1. The zero-order chi connectivity index (χ0) is 16.9. The van der Waals surface area contributed by atoms with Crippen molar-refractivity contribution in [3.63, 3.8) is 0 Å². The van der Waals surface area contributed by atoms with Gasteiger partial charge in [0.2, 0.25) is 0 Å². The van der Waals surface area contributed by atoms with Gasteiger partial charge in [0.05, 0.1) is 29.5 Å². The summed E-state index contributed by atoms with van der Waals surface area (Å²) >= 11 is 1.64. The molecule has 1 aliphatic heterocycles. The molecule has 2 heterocycles. The van der Waals surface area contributed by atoms with Crippen molar-refractivity contribution in [2.75, 3.05) is 19.7 Å². The molecule has 0 saturated carbocycles. The minimum absolute atomic E-state index is 0.0362. The Morgan fingerprint density at radius 3 is 2.92 bits per heavy atom. The Morgan fingerprint density at radius 1 is 1.42 bits per heavy atom. The van der Waals surface area contributed by atoms with Crippen LogP contribution in [0.3, 0.4) is 0 Å². The molecule has 2 unspecified atom stereocenters. The number of nitrogens with one attached hydrogen (secondary N) is 1. The summed E-state index contributed by atoms with van der Waals surface area (Å²) < 4.78 is 5.77. The number of aryl methyl sites for hydroxylation is 1. The summed E-state index contributed by atoms with van der Waals surface area (Å²) in [4.78, 5) is 19.0. The molecule has 3 rings (SSSR count). The second-order valence-corrected chi connectivity index (χ2v) is 7.12. The fourth-order valence-corrected chi connectivity index (χ4v) is 3.55. The lowest BCUT2D eigenvalue weighted by atomic mass is 10.0. The average Bonchev–Trinajstić information content (AvgIpc) is 3.01. The molecule has 1 aromatic carbocycles. The van der Waals surface area contributed by atoms with Gasteiger partial charge in [-0.25, -0.2) is 9.78 Å². The summed E-state index contributed by atoms with van der Waals surface area (Å²) in [6, 6.07) is 9.98. The quantitative estimate of drug-likeness (QED) is 0.926. The molecule has 24 heavy (non-hydrogen) atoms. The van der Waals surface area contributed by atoms with Crippen molar-refractivity contribution >= 4 is 17.4 Å². The third kappa shape index (κ3) is 4.13. The smallest absolute Gasteiger partial charge is 0.318 e. The Labute approximate surface area is 146 Å². The molecule has 1 N–H and O–H groups in total. The molecule has 2 aromatic rings. The summed E-state index contributed by atoms with van der Waals surface area (Å²) in [5, 5.41) is 6.13. The van der Waals surface area contributed by atoms with E-state index in [0.29, 0.717) is 19.7 Å². The van der Waals surface area contributed by atoms with E-state index in [2.05, 4.69) is 10.3 Å². The van der Waals surface area contributed by atoms with E-state index >= 15 is 0 Å². The van der Waals surface area contributed by atoms with Crippen LogP contribution in [-0.4, -0.2) is 41.7 Å². The molecule has 2 atom stereocenters. The molecule has 0 spiro atoms. The van der Waals surface area contributed by atoms with Gasteiger partial charge in [-0.15, -0.1) is 11.3 Å². The first-order valence-electron chi connectivity index (χ1n) is 8.25. The van der Waals surface area contributed by atoms with Crippen molar-refractivity contribution in [1.29, 1.82) is 0 Å². The lowest BCUT2D eigenvalue weighted by Crippen LogP contribution is -2.50. The van der Waals surface area contributed by atoms with Crippen LogP contribution >= 0.6 is 11.3 Å². The van der Waals surface area contributed by atoms with E-state index in [1.807, 2.05) is 54.5 Å². The van der Waals surface area contributed by atoms with E-state index in [9.17, 15) is 4.79 Å². The number of carbonyl (C=O) groups is 1. The molecule has 0 bridgehead atoms. The average molecular weight is 345 g/mol. The third-order valence-electron chi connectivity index (χ3n) is 4.14. The number of morpholine rings is 1. The maximum absolute atomic E-state index is 12.7. The number of hydrogen-bond donors (Lipinski definition) is 1. The highest BCUT2D eigenvalue weighted by Gasteiger charge is 2.31. The highest BCUT2D eigenvalue weighted by molar-refractivity contribution is 7.09. The van der Waals surface area contributed by atoms with E-state index in [4.69, 9.17) is 4.74 Å². The Morgan fingerprint density at radius 2 is 2.21 bits per heavy atom. The zero-order valence-corrected chi connectivity index (χ0v) is 14.9. The summed E-state index contributed by atoms with van der Waals surface area (Å²) in [7, 11) is 0. The topological polar surface area (TPSA) is 54.5 Å². The van der Waals surface area contributed by atoms with Crippen LogP contribution in [0.15, 0.2) is 35.7 Å². The fourth-order valence-electron chi connectivity index (χ4n) is 2.90. The summed E-state index contributed by atoms with van der Waals surface area (Å²) in [5.41, 5.74) is 2.14. The van der Waals surface area contributed by atoms with Gasteiger partial charge in [0, 0.05) is 24.9 Å². The van der Waals surface area contributed by atoms with Crippen molar-refractivity contribution in [3.05, 3.63) is 52.0 Å². The number of thiazole rings is 1. The normalized spacial score (nSPS) is 20.8. The molecule has 1 aromatic heterocycles. The Hall–Kier alpha value is -1.92. The van der Waals surface area contributed by atoms with Gasteiger partial charge in [-0.05, 0) is 19.4 Å². The minimum atomic E-state index is -0.0380. The summed E-state index contributed by atoms with van der Waals surface area (Å²) in [5.74, 6) is 0. The van der Waals surface area contributed by atoms with Gasteiger partial charge in [0.25, 0.3) is 0 Å². The fraction of sp³-hybridized carbons (Fsp3) is 0.444. The lowest BCUT2D eigenvalue weighted by molar-refractivity contribution is -0.0380. The van der Waals surface area contributed by atoms with Gasteiger partial charge in [-0.1, -0.05) is 30.3 Å². The van der Waals surface area contributed by atoms with Crippen LogP contribution in [0.2, 0.25) is 0 Å². The van der Waals surface area contributed by atoms with Gasteiger partial charge < -0.3 is 15.0 Å². The number of benzene rings is 1. The molecule has 1 fully saturated rings.